The third kappa shape index (κ3) is 7.09. The molecule has 0 unspecified atom stereocenters. The van der Waals surface area contributed by atoms with Crippen LogP contribution < -0.4 is 22.1 Å². The first kappa shape index (κ1) is 20.4. The number of halogens is 1. The second-order valence-corrected chi connectivity index (χ2v) is 6.83. The van der Waals surface area contributed by atoms with Crippen LogP contribution in [-0.4, -0.2) is 25.0 Å². The number of carbonyl (C=O) groups is 2. The molecule has 1 saturated heterocycles. The van der Waals surface area contributed by atoms with E-state index in [2.05, 4.69) is 22.5 Å². The van der Waals surface area contributed by atoms with Crippen molar-refractivity contribution in [1.82, 2.24) is 5.32 Å². The van der Waals surface area contributed by atoms with Crippen LogP contribution in [0.5, 0.6) is 0 Å². The summed E-state index contributed by atoms with van der Waals surface area (Å²) in [4.78, 5) is 22.8. The van der Waals surface area contributed by atoms with Gasteiger partial charge in [-0.3, -0.25) is 4.79 Å². The van der Waals surface area contributed by atoms with E-state index in [1.54, 1.807) is 12.1 Å². The zero-order valence-corrected chi connectivity index (χ0v) is 15.5. The number of carbonyl (C=O) groups excluding carboxylic acids is 2. The van der Waals surface area contributed by atoms with Gasteiger partial charge in [0.25, 0.3) is 5.91 Å². The molecule has 3 amide bonds. The number of hydrogen-bond acceptors (Lipinski definition) is 4. The minimum absolute atomic E-state index is 0.150. The van der Waals surface area contributed by atoms with Gasteiger partial charge in [-0.25, -0.2) is 9.18 Å². The van der Waals surface area contributed by atoms with Crippen molar-refractivity contribution in [2.75, 3.05) is 18.4 Å². The third-order valence-electron chi connectivity index (χ3n) is 3.58. The van der Waals surface area contributed by atoms with E-state index < -0.39 is 11.9 Å². The summed E-state index contributed by atoms with van der Waals surface area (Å²) in [7, 11) is 0. The van der Waals surface area contributed by atoms with E-state index in [4.69, 9.17) is 11.5 Å². The Kier molecular flexibility index (Phi) is 7.79. The monoisotopic (exact) mass is 388 g/mol. The fourth-order valence-electron chi connectivity index (χ4n) is 2.36. The maximum Gasteiger partial charge on any atom is 0.316 e. The average Bonchev–Trinajstić information content (AvgIpc) is 3.04. The topological polar surface area (TPSA) is 110 Å². The maximum absolute atomic E-state index is 13.0. The Morgan fingerprint density at radius 1 is 1.11 bits per heavy atom. The van der Waals surface area contributed by atoms with Crippen LogP contribution in [-0.2, 0) is 0 Å². The Morgan fingerprint density at radius 3 is 2.37 bits per heavy atom. The highest BCUT2D eigenvalue weighted by Gasteiger charge is 2.14. The number of piperidine rings is 1. The summed E-state index contributed by atoms with van der Waals surface area (Å²) >= 11 is 1.02. The lowest BCUT2D eigenvalue weighted by Crippen LogP contribution is -2.21. The van der Waals surface area contributed by atoms with Crippen molar-refractivity contribution in [1.29, 1.82) is 0 Å². The summed E-state index contributed by atoms with van der Waals surface area (Å²) < 4.78 is 13.0. The minimum atomic E-state index is -0.806. The summed E-state index contributed by atoms with van der Waals surface area (Å²) in [5.74, 6) is 4.46. The van der Waals surface area contributed by atoms with E-state index in [1.165, 1.54) is 50.6 Å². The van der Waals surface area contributed by atoms with Crippen molar-refractivity contribution in [3.8, 4) is 11.8 Å². The minimum Gasteiger partial charge on any atom is -0.365 e. The molecule has 6 nitrogen and oxygen atoms in total. The highest BCUT2D eigenvalue weighted by atomic mass is 32.1. The summed E-state index contributed by atoms with van der Waals surface area (Å²) in [6, 6.07) is 6.49. The van der Waals surface area contributed by atoms with Crippen molar-refractivity contribution in [2.45, 2.75) is 19.3 Å². The molecule has 1 aliphatic rings. The van der Waals surface area contributed by atoms with Crippen LogP contribution in [0.3, 0.4) is 0 Å². The first-order valence-electron chi connectivity index (χ1n) is 8.44. The molecule has 2 heterocycles. The van der Waals surface area contributed by atoms with Crippen molar-refractivity contribution in [3.05, 3.63) is 51.5 Å². The van der Waals surface area contributed by atoms with Crippen LogP contribution in [0.1, 0.15) is 39.4 Å². The highest BCUT2D eigenvalue weighted by molar-refractivity contribution is 7.15. The number of nitrogens with two attached hydrogens (primary N) is 2. The van der Waals surface area contributed by atoms with Gasteiger partial charge >= 0.3 is 6.03 Å². The maximum atomic E-state index is 13.0. The largest absolute Gasteiger partial charge is 0.365 e. The average molecular weight is 388 g/mol. The number of hydrogen-bond donors (Lipinski definition) is 4. The molecule has 1 aromatic carbocycles. The number of anilines is 1. The van der Waals surface area contributed by atoms with Gasteiger partial charge in [-0.15, -0.1) is 11.3 Å². The first-order chi connectivity index (χ1) is 13.0. The number of benzene rings is 1. The van der Waals surface area contributed by atoms with Crippen LogP contribution in [0.25, 0.3) is 0 Å². The number of nitrogens with one attached hydrogen (secondary N) is 2. The summed E-state index contributed by atoms with van der Waals surface area (Å²) in [6.07, 6.45) is 4.22. The van der Waals surface area contributed by atoms with Gasteiger partial charge in [0.1, 0.15) is 10.7 Å². The number of rotatable bonds is 2. The lowest BCUT2D eigenvalue weighted by Gasteiger charge is -2.08. The van der Waals surface area contributed by atoms with Gasteiger partial charge in [0.15, 0.2) is 0 Å². The third-order valence-corrected chi connectivity index (χ3v) is 4.64. The second-order valence-electron chi connectivity index (χ2n) is 5.78. The number of urea groups is 1. The zero-order valence-electron chi connectivity index (χ0n) is 14.7. The fourth-order valence-corrected chi connectivity index (χ4v) is 3.18. The Balaban J connectivity index is 0.000000369. The van der Waals surface area contributed by atoms with Gasteiger partial charge < -0.3 is 22.1 Å². The van der Waals surface area contributed by atoms with Gasteiger partial charge in [0.05, 0.1) is 10.6 Å². The molecule has 0 aliphatic carbocycles. The van der Waals surface area contributed by atoms with Crippen molar-refractivity contribution in [2.24, 2.45) is 11.5 Å². The standard InChI is InChI=1S/C14H10FN3O2S.C5H11N/c15-9-3-1-2-8(6-9)4-5-10-7-11(18-14(17)20)12(21-10)13(16)19;1-2-4-6-5-3-1/h1-3,6-7H,(H2,16,19)(H3,17,18,20);6H,1-5H2. The molecular weight excluding hydrogens is 367 g/mol. The van der Waals surface area contributed by atoms with Gasteiger partial charge in [-0.1, -0.05) is 24.3 Å². The predicted molar refractivity (Wildman–Crippen MR) is 105 cm³/mol. The molecule has 2 aromatic rings. The fraction of sp³-hybridized carbons (Fsp3) is 0.263. The Bertz CT molecular complexity index is 855. The molecule has 0 saturated carbocycles. The lowest BCUT2D eigenvalue weighted by atomic mass is 10.2. The second kappa shape index (κ2) is 10.3. The number of primary amides is 2. The van der Waals surface area contributed by atoms with E-state index in [1.807, 2.05) is 0 Å². The molecule has 0 atom stereocenters. The van der Waals surface area contributed by atoms with Crippen LogP contribution in [0.2, 0.25) is 0 Å². The summed E-state index contributed by atoms with van der Waals surface area (Å²) in [5, 5.41) is 5.59. The van der Waals surface area contributed by atoms with Gasteiger partial charge in [0, 0.05) is 5.56 Å². The molecule has 1 aromatic heterocycles. The van der Waals surface area contributed by atoms with E-state index in [9.17, 15) is 14.0 Å². The molecule has 0 radical (unpaired) electrons. The molecule has 3 rings (SSSR count). The Morgan fingerprint density at radius 2 is 1.85 bits per heavy atom. The molecule has 6 N–H and O–H groups in total. The van der Waals surface area contributed by atoms with Crippen molar-refractivity contribution >= 4 is 29.0 Å². The van der Waals surface area contributed by atoms with E-state index >= 15 is 0 Å². The SMILES string of the molecule is C1CCNCC1.NC(=O)Nc1cc(C#Cc2cccc(F)c2)sc1C(N)=O. The van der Waals surface area contributed by atoms with Crippen LogP contribution in [0.15, 0.2) is 30.3 Å². The first-order valence-corrected chi connectivity index (χ1v) is 9.26. The zero-order chi connectivity index (χ0) is 19.6. The summed E-state index contributed by atoms with van der Waals surface area (Å²) in [6.45, 7) is 2.50. The van der Waals surface area contributed by atoms with E-state index in [0.717, 1.165) is 11.3 Å². The van der Waals surface area contributed by atoms with Crippen LogP contribution in [0.4, 0.5) is 14.9 Å². The molecular formula is C19H21FN4O2S. The molecule has 0 bridgehead atoms. The quantitative estimate of drug-likeness (QED) is 0.594. The van der Waals surface area contributed by atoms with Crippen LogP contribution in [0, 0.1) is 17.7 Å². The van der Waals surface area contributed by atoms with E-state index in [0.29, 0.717) is 10.4 Å². The molecule has 27 heavy (non-hydrogen) atoms. The number of amides is 3. The highest BCUT2D eigenvalue weighted by Crippen LogP contribution is 2.26. The predicted octanol–water partition coefficient (Wildman–Crippen LogP) is 2.64. The smallest absolute Gasteiger partial charge is 0.316 e. The molecule has 1 aliphatic heterocycles. The Hall–Kier alpha value is -2.89. The van der Waals surface area contributed by atoms with Gasteiger partial charge in [-0.2, -0.15) is 0 Å². The number of thiophene rings is 1. The summed E-state index contributed by atoms with van der Waals surface area (Å²) in [5.41, 5.74) is 10.9. The van der Waals surface area contributed by atoms with Crippen molar-refractivity contribution < 1.29 is 14.0 Å². The van der Waals surface area contributed by atoms with Crippen molar-refractivity contribution in [3.63, 3.8) is 0 Å². The normalized spacial score (nSPS) is 12.8. The molecule has 1 fully saturated rings. The molecule has 0 spiro atoms. The van der Waals surface area contributed by atoms with Crippen LogP contribution >= 0.6 is 11.3 Å². The van der Waals surface area contributed by atoms with E-state index in [-0.39, 0.29) is 16.4 Å². The van der Waals surface area contributed by atoms with Gasteiger partial charge in [-0.05, 0) is 50.2 Å². The Labute approximate surface area is 161 Å². The lowest BCUT2D eigenvalue weighted by molar-refractivity contribution is 0.100. The molecule has 142 valence electrons. The molecule has 8 heteroatoms. The van der Waals surface area contributed by atoms with Gasteiger partial charge in [0.2, 0.25) is 0 Å².